The molecule has 5 rings (SSSR count). The number of allylic oxidation sites excluding steroid dienone is 4. The van der Waals surface area contributed by atoms with Crippen LogP contribution in [0.15, 0.2) is 58.7 Å². The molecule has 1 saturated heterocycles. The third kappa shape index (κ3) is 3.01. The van der Waals surface area contributed by atoms with Crippen LogP contribution < -0.4 is 5.32 Å². The maximum Gasteiger partial charge on any atom is 0.252 e. The molecule has 152 valence electrons. The topological polar surface area (TPSA) is 46.9 Å². The Bertz CT molecular complexity index is 1280. The highest BCUT2D eigenvalue weighted by atomic mass is 79.9. The van der Waals surface area contributed by atoms with Crippen molar-refractivity contribution in [3.63, 3.8) is 0 Å². The number of hydrogen-bond donors (Lipinski definition) is 1. The molecule has 1 aromatic carbocycles. The van der Waals surface area contributed by atoms with Crippen LogP contribution in [0.2, 0.25) is 0 Å². The number of halogens is 5. The first-order valence-electron chi connectivity index (χ1n) is 9.00. The van der Waals surface area contributed by atoms with Crippen molar-refractivity contribution in [2.24, 2.45) is 5.92 Å². The number of amides is 1. The van der Waals surface area contributed by atoms with Crippen molar-refractivity contribution in [2.45, 2.75) is 9.65 Å². The lowest BCUT2D eigenvalue weighted by molar-refractivity contribution is -0.119. The van der Waals surface area contributed by atoms with E-state index >= 15 is 0 Å². The summed E-state index contributed by atoms with van der Waals surface area (Å²) in [6.07, 6.45) is 4.22. The van der Waals surface area contributed by atoms with E-state index in [1.165, 1.54) is 18.2 Å². The smallest absolute Gasteiger partial charge is 0.252 e. The number of pyridine rings is 1. The van der Waals surface area contributed by atoms with Crippen molar-refractivity contribution in [2.75, 3.05) is 0 Å². The predicted octanol–water partition coefficient (Wildman–Crippen LogP) is 6.10. The molecule has 4 nitrogen and oxygen atoms in total. The summed E-state index contributed by atoms with van der Waals surface area (Å²) in [5.41, 5.74) is 3.56. The zero-order chi connectivity index (χ0) is 21.2. The van der Waals surface area contributed by atoms with Gasteiger partial charge in [-0.3, -0.25) is 9.36 Å². The van der Waals surface area contributed by atoms with E-state index in [2.05, 4.69) is 58.1 Å². The summed E-state index contributed by atoms with van der Waals surface area (Å²) >= 11 is 10.6. The largest absolute Gasteiger partial charge is 0.327 e. The summed E-state index contributed by atoms with van der Waals surface area (Å²) in [5.74, 6) is -1.30. The number of alkyl halides is 2. The van der Waals surface area contributed by atoms with E-state index in [9.17, 15) is 13.6 Å². The number of benzene rings is 1. The van der Waals surface area contributed by atoms with Gasteiger partial charge in [0.2, 0.25) is 5.95 Å². The molecular formula is C21H12Br3F2N3O. The summed E-state index contributed by atoms with van der Waals surface area (Å²) in [6.45, 7) is 0. The summed E-state index contributed by atoms with van der Waals surface area (Å²) in [4.78, 5) is 16.4. The summed E-state index contributed by atoms with van der Waals surface area (Å²) in [6, 6.07) is 9.08. The van der Waals surface area contributed by atoms with E-state index in [1.54, 1.807) is 18.2 Å². The minimum absolute atomic E-state index is 0.171. The molecule has 3 aromatic rings. The van der Waals surface area contributed by atoms with Crippen LogP contribution in [-0.4, -0.2) is 18.7 Å². The maximum absolute atomic E-state index is 14.1. The molecule has 0 radical (unpaired) electrons. The van der Waals surface area contributed by atoms with Gasteiger partial charge in [0.1, 0.15) is 11.5 Å². The van der Waals surface area contributed by atoms with Gasteiger partial charge in [-0.05, 0) is 76.5 Å². The van der Waals surface area contributed by atoms with E-state index in [1.807, 2.05) is 16.7 Å². The highest BCUT2D eigenvalue weighted by molar-refractivity contribution is 9.26. The fourth-order valence-electron chi connectivity index (χ4n) is 3.92. The first-order chi connectivity index (χ1) is 14.3. The first kappa shape index (κ1) is 20.1. The minimum Gasteiger partial charge on any atom is -0.327 e. The molecule has 0 spiro atoms. The van der Waals surface area contributed by atoms with Crippen molar-refractivity contribution in [3.8, 4) is 11.3 Å². The van der Waals surface area contributed by atoms with E-state index < -0.39 is 9.18 Å². The van der Waals surface area contributed by atoms with Gasteiger partial charge in [0.15, 0.2) is 3.23 Å². The molecule has 1 aliphatic heterocycles. The lowest BCUT2D eigenvalue weighted by Gasteiger charge is -2.26. The number of fused-ring (bicyclic) bond motifs is 2. The second-order valence-electron chi connectivity index (χ2n) is 7.12. The van der Waals surface area contributed by atoms with Crippen LogP contribution in [0.25, 0.3) is 28.0 Å². The molecular weight excluding hydrogens is 588 g/mol. The monoisotopic (exact) mass is 597 g/mol. The Morgan fingerprint density at radius 1 is 1.10 bits per heavy atom. The molecule has 1 unspecified atom stereocenters. The van der Waals surface area contributed by atoms with Crippen LogP contribution in [0.4, 0.5) is 8.78 Å². The van der Waals surface area contributed by atoms with Crippen LogP contribution >= 0.6 is 47.8 Å². The van der Waals surface area contributed by atoms with E-state index in [4.69, 9.17) is 0 Å². The molecule has 1 amide bonds. The average molecular weight is 600 g/mol. The molecule has 0 bridgehead atoms. The van der Waals surface area contributed by atoms with Crippen LogP contribution in [0, 0.1) is 17.7 Å². The molecule has 1 atom stereocenters. The molecule has 2 aromatic heterocycles. The molecule has 1 aliphatic carbocycles. The first-order valence-corrected chi connectivity index (χ1v) is 11.4. The lowest BCUT2D eigenvalue weighted by atomic mass is 9.94. The number of aromatic nitrogens is 2. The van der Waals surface area contributed by atoms with Gasteiger partial charge in [-0.15, -0.1) is 0 Å². The molecule has 9 heteroatoms. The lowest BCUT2D eigenvalue weighted by Crippen LogP contribution is -2.29. The summed E-state index contributed by atoms with van der Waals surface area (Å²) in [5, 5.41) is 3.60. The normalized spacial score (nSPS) is 20.0. The van der Waals surface area contributed by atoms with Crippen molar-refractivity contribution >= 4 is 70.4 Å². The Morgan fingerprint density at radius 2 is 1.83 bits per heavy atom. The van der Waals surface area contributed by atoms with Gasteiger partial charge in [-0.25, -0.2) is 9.37 Å². The van der Waals surface area contributed by atoms with E-state index in [0.29, 0.717) is 12.1 Å². The highest BCUT2D eigenvalue weighted by Gasteiger charge is 2.50. The molecule has 2 aliphatic rings. The fourth-order valence-corrected chi connectivity index (χ4v) is 5.65. The standard InChI is InChI=1S/C21H12Br3F2N3O/c22-17-13-6-8-16(26)28-19(13)29(18(17)10-1-3-11(25)4-2-10)12-5-7-15-14(9-12)21(23,24)20(30)27-15/h1-8,14H,9H2,(H,27,30). The molecule has 30 heavy (non-hydrogen) atoms. The molecule has 1 N–H and O–H groups in total. The van der Waals surface area contributed by atoms with Crippen molar-refractivity contribution in [3.05, 3.63) is 70.5 Å². The second-order valence-corrected chi connectivity index (χ2v) is 11.5. The quantitative estimate of drug-likeness (QED) is 0.286. The van der Waals surface area contributed by atoms with Crippen LogP contribution in [0.3, 0.4) is 0 Å². The predicted molar refractivity (Wildman–Crippen MR) is 122 cm³/mol. The Hall–Kier alpha value is -1.84. The molecule has 3 heterocycles. The van der Waals surface area contributed by atoms with Crippen molar-refractivity contribution < 1.29 is 13.6 Å². The average Bonchev–Trinajstić information content (AvgIpc) is 3.12. The Kier molecular flexibility index (Phi) is 4.75. The second kappa shape index (κ2) is 7.10. The van der Waals surface area contributed by atoms with E-state index in [0.717, 1.165) is 32.5 Å². The summed E-state index contributed by atoms with van der Waals surface area (Å²) < 4.78 is 29.3. The van der Waals surface area contributed by atoms with E-state index in [-0.39, 0.29) is 17.6 Å². The van der Waals surface area contributed by atoms with Gasteiger partial charge in [0.05, 0.1) is 10.2 Å². The molecule has 1 fully saturated rings. The fraction of sp³-hybridized carbons (Fsp3) is 0.143. The van der Waals surface area contributed by atoms with Gasteiger partial charge in [-0.1, -0.05) is 31.9 Å². The number of rotatable bonds is 2. The minimum atomic E-state index is -0.930. The number of carbonyl (C=O) groups is 1. The SMILES string of the molecule is O=C1NC2=CC=C(n3c(-c4ccc(F)cc4)c(Br)c4ccc(F)nc43)CC2C1(Br)Br. The molecule has 0 saturated carbocycles. The third-order valence-corrected chi connectivity index (χ3v) is 8.00. The third-order valence-electron chi connectivity index (χ3n) is 5.37. The highest BCUT2D eigenvalue weighted by Crippen LogP contribution is 2.50. The zero-order valence-electron chi connectivity index (χ0n) is 15.1. The van der Waals surface area contributed by atoms with Gasteiger partial charge in [-0.2, -0.15) is 4.39 Å². The van der Waals surface area contributed by atoms with Crippen molar-refractivity contribution in [1.29, 1.82) is 0 Å². The van der Waals surface area contributed by atoms with Crippen LogP contribution in [0.1, 0.15) is 6.42 Å². The van der Waals surface area contributed by atoms with Crippen LogP contribution in [-0.2, 0) is 4.79 Å². The Morgan fingerprint density at radius 3 is 2.57 bits per heavy atom. The zero-order valence-corrected chi connectivity index (χ0v) is 19.9. The van der Waals surface area contributed by atoms with Crippen molar-refractivity contribution in [1.82, 2.24) is 14.9 Å². The maximum atomic E-state index is 14.1. The summed E-state index contributed by atoms with van der Waals surface area (Å²) in [7, 11) is 0. The number of carbonyl (C=O) groups excluding carboxylic acids is 1. The van der Waals surface area contributed by atoms with Gasteiger partial charge in [0.25, 0.3) is 5.91 Å². The number of hydrogen-bond acceptors (Lipinski definition) is 2. The Balaban J connectivity index is 1.75. The van der Waals surface area contributed by atoms with Gasteiger partial charge < -0.3 is 5.32 Å². The van der Waals surface area contributed by atoms with Gasteiger partial charge in [0, 0.05) is 22.7 Å². The number of nitrogens with zero attached hydrogens (tertiary/aromatic N) is 2. The number of nitrogens with one attached hydrogen (secondary N) is 1. The Labute approximate surface area is 195 Å². The van der Waals surface area contributed by atoms with Gasteiger partial charge >= 0.3 is 0 Å². The van der Waals surface area contributed by atoms with Crippen LogP contribution in [0.5, 0.6) is 0 Å².